The molecule has 0 aliphatic rings. The molecule has 70 valence electrons. The van der Waals surface area contributed by atoms with Crippen molar-refractivity contribution in [2.45, 2.75) is 13.0 Å². The Morgan fingerprint density at radius 1 is 1.54 bits per heavy atom. The lowest BCUT2D eigenvalue weighted by molar-refractivity contribution is -0.385. The maximum Gasteiger partial charge on any atom is 0.274 e. The summed E-state index contributed by atoms with van der Waals surface area (Å²) in [5.41, 5.74) is 2.45. The van der Waals surface area contributed by atoms with Gasteiger partial charge in [-0.1, -0.05) is 18.2 Å². The van der Waals surface area contributed by atoms with E-state index in [1.165, 1.54) is 6.07 Å². The van der Waals surface area contributed by atoms with Gasteiger partial charge in [-0.2, -0.15) is 5.48 Å². The molecule has 5 nitrogen and oxygen atoms in total. The molecule has 0 aliphatic heterocycles. The molecule has 1 aromatic carbocycles. The van der Waals surface area contributed by atoms with Crippen molar-refractivity contribution in [1.82, 2.24) is 5.48 Å². The number of nitro benzene ring substituents is 1. The molecule has 13 heavy (non-hydrogen) atoms. The van der Waals surface area contributed by atoms with E-state index in [1.807, 2.05) is 5.48 Å². The first kappa shape index (κ1) is 9.63. The maximum atomic E-state index is 10.5. The van der Waals surface area contributed by atoms with Crippen LogP contribution in [0.25, 0.3) is 0 Å². The van der Waals surface area contributed by atoms with Crippen LogP contribution in [0.2, 0.25) is 0 Å². The number of hydroxylamine groups is 1. The number of nitrogens with one attached hydrogen (secondary N) is 1. The Morgan fingerprint density at radius 2 is 2.15 bits per heavy atom. The van der Waals surface area contributed by atoms with Gasteiger partial charge in [0.1, 0.15) is 0 Å². The first-order chi connectivity index (χ1) is 6.16. The van der Waals surface area contributed by atoms with Crippen LogP contribution in [-0.2, 0) is 0 Å². The molecule has 1 rings (SSSR count). The lowest BCUT2D eigenvalue weighted by atomic mass is 10.1. The molecule has 0 aromatic heterocycles. The van der Waals surface area contributed by atoms with Crippen molar-refractivity contribution in [3.8, 4) is 0 Å². The van der Waals surface area contributed by atoms with E-state index in [0.717, 1.165) is 0 Å². The quantitative estimate of drug-likeness (QED) is 0.550. The normalized spacial score (nSPS) is 12.5. The van der Waals surface area contributed by atoms with E-state index in [-0.39, 0.29) is 5.69 Å². The average molecular weight is 182 g/mol. The molecule has 0 unspecified atom stereocenters. The van der Waals surface area contributed by atoms with Crippen molar-refractivity contribution in [3.63, 3.8) is 0 Å². The third-order valence-corrected chi connectivity index (χ3v) is 1.79. The topological polar surface area (TPSA) is 75.4 Å². The standard InChI is InChI=1S/C8H10N2O3/c1-6(9-11)7-4-2-3-5-8(7)10(12)13/h2-6,9,11H,1H3/t6-/m0/s1. The van der Waals surface area contributed by atoms with Crippen LogP contribution in [0.1, 0.15) is 18.5 Å². The zero-order valence-electron chi connectivity index (χ0n) is 7.10. The van der Waals surface area contributed by atoms with Gasteiger partial charge in [0.15, 0.2) is 0 Å². The molecule has 0 spiro atoms. The molecule has 1 atom stereocenters. The molecule has 5 heteroatoms. The Bertz CT molecular complexity index is 314. The molecular formula is C8H10N2O3. The van der Waals surface area contributed by atoms with Crippen LogP contribution in [0.5, 0.6) is 0 Å². The highest BCUT2D eigenvalue weighted by atomic mass is 16.6. The van der Waals surface area contributed by atoms with Crippen LogP contribution in [0, 0.1) is 10.1 Å². The predicted octanol–water partition coefficient (Wildman–Crippen LogP) is 1.63. The number of hydrogen-bond acceptors (Lipinski definition) is 4. The van der Waals surface area contributed by atoms with Gasteiger partial charge in [-0.3, -0.25) is 10.1 Å². The van der Waals surface area contributed by atoms with Gasteiger partial charge in [0.2, 0.25) is 0 Å². The van der Waals surface area contributed by atoms with Gasteiger partial charge in [-0.05, 0) is 6.92 Å². The molecule has 1 aromatic rings. The number of nitro groups is 1. The van der Waals surface area contributed by atoms with Crippen molar-refractivity contribution in [2.24, 2.45) is 0 Å². The van der Waals surface area contributed by atoms with Crippen molar-refractivity contribution in [3.05, 3.63) is 39.9 Å². The summed E-state index contributed by atoms with van der Waals surface area (Å²) in [4.78, 5) is 10.1. The Labute approximate surface area is 75.1 Å². The summed E-state index contributed by atoms with van der Waals surface area (Å²) in [6, 6.07) is 5.85. The fourth-order valence-corrected chi connectivity index (χ4v) is 1.09. The van der Waals surface area contributed by atoms with Gasteiger partial charge in [0.05, 0.1) is 11.0 Å². The average Bonchev–Trinajstić information content (AvgIpc) is 2.16. The second-order valence-electron chi connectivity index (χ2n) is 2.67. The number of rotatable bonds is 3. The van der Waals surface area contributed by atoms with Crippen LogP contribution < -0.4 is 5.48 Å². The van der Waals surface area contributed by atoms with E-state index in [0.29, 0.717) is 5.56 Å². The molecule has 2 N–H and O–H groups in total. The Balaban J connectivity index is 3.11. The lowest BCUT2D eigenvalue weighted by Crippen LogP contribution is -2.14. The van der Waals surface area contributed by atoms with Gasteiger partial charge in [0.25, 0.3) is 5.69 Å². The van der Waals surface area contributed by atoms with Gasteiger partial charge < -0.3 is 5.21 Å². The minimum Gasteiger partial charge on any atom is -0.316 e. The smallest absolute Gasteiger partial charge is 0.274 e. The lowest BCUT2D eigenvalue weighted by Gasteiger charge is -2.08. The summed E-state index contributed by atoms with van der Waals surface area (Å²) >= 11 is 0. The van der Waals surface area contributed by atoms with E-state index >= 15 is 0 Å². The van der Waals surface area contributed by atoms with Crippen LogP contribution in [0.3, 0.4) is 0 Å². The molecule has 0 radical (unpaired) electrons. The summed E-state index contributed by atoms with van der Waals surface area (Å²) in [7, 11) is 0. The number of para-hydroxylation sites is 1. The van der Waals surface area contributed by atoms with E-state index in [4.69, 9.17) is 5.21 Å². The number of benzene rings is 1. The minimum absolute atomic E-state index is 0.0107. The molecule has 0 aliphatic carbocycles. The van der Waals surface area contributed by atoms with Crippen molar-refractivity contribution < 1.29 is 10.1 Å². The summed E-state index contributed by atoms with van der Waals surface area (Å²) in [6.45, 7) is 1.64. The summed E-state index contributed by atoms with van der Waals surface area (Å²) in [6.07, 6.45) is 0. The molecule has 0 amide bonds. The molecule has 0 saturated heterocycles. The van der Waals surface area contributed by atoms with Gasteiger partial charge >= 0.3 is 0 Å². The monoisotopic (exact) mass is 182 g/mol. The third-order valence-electron chi connectivity index (χ3n) is 1.79. The Morgan fingerprint density at radius 3 is 2.69 bits per heavy atom. The summed E-state index contributed by atoms with van der Waals surface area (Å²) < 4.78 is 0. The molecular weight excluding hydrogens is 172 g/mol. The van der Waals surface area contributed by atoms with E-state index in [9.17, 15) is 10.1 Å². The van der Waals surface area contributed by atoms with E-state index in [1.54, 1.807) is 25.1 Å². The molecule has 0 saturated carbocycles. The van der Waals surface area contributed by atoms with Crippen LogP contribution in [0.4, 0.5) is 5.69 Å². The number of nitrogens with zero attached hydrogens (tertiary/aromatic N) is 1. The third kappa shape index (κ3) is 2.01. The van der Waals surface area contributed by atoms with Gasteiger partial charge in [0, 0.05) is 11.6 Å². The fraction of sp³-hybridized carbons (Fsp3) is 0.250. The molecule has 0 heterocycles. The van der Waals surface area contributed by atoms with Gasteiger partial charge in [-0.25, -0.2) is 0 Å². The first-order valence-corrected chi connectivity index (χ1v) is 3.79. The van der Waals surface area contributed by atoms with Crippen molar-refractivity contribution in [1.29, 1.82) is 0 Å². The minimum atomic E-state index is -0.469. The molecule has 0 bridgehead atoms. The maximum absolute atomic E-state index is 10.5. The Kier molecular flexibility index (Phi) is 2.94. The highest BCUT2D eigenvalue weighted by Gasteiger charge is 2.16. The zero-order valence-corrected chi connectivity index (χ0v) is 7.10. The van der Waals surface area contributed by atoms with E-state index in [2.05, 4.69) is 0 Å². The number of hydrogen-bond donors (Lipinski definition) is 2. The van der Waals surface area contributed by atoms with Crippen LogP contribution >= 0.6 is 0 Å². The first-order valence-electron chi connectivity index (χ1n) is 3.79. The second kappa shape index (κ2) is 3.97. The summed E-state index contributed by atoms with van der Waals surface area (Å²) in [5, 5.41) is 19.2. The SMILES string of the molecule is C[C@H](NO)c1ccccc1[N+](=O)[O-]. The summed E-state index contributed by atoms with van der Waals surface area (Å²) in [5.74, 6) is 0. The van der Waals surface area contributed by atoms with Crippen molar-refractivity contribution >= 4 is 5.69 Å². The van der Waals surface area contributed by atoms with Crippen LogP contribution in [-0.4, -0.2) is 10.1 Å². The van der Waals surface area contributed by atoms with Crippen molar-refractivity contribution in [2.75, 3.05) is 0 Å². The molecule has 0 fully saturated rings. The second-order valence-corrected chi connectivity index (χ2v) is 2.67. The van der Waals surface area contributed by atoms with Gasteiger partial charge in [-0.15, -0.1) is 0 Å². The highest BCUT2D eigenvalue weighted by molar-refractivity contribution is 5.41. The fourth-order valence-electron chi connectivity index (χ4n) is 1.09. The zero-order chi connectivity index (χ0) is 9.84. The highest BCUT2D eigenvalue weighted by Crippen LogP contribution is 2.23. The largest absolute Gasteiger partial charge is 0.316 e. The van der Waals surface area contributed by atoms with Crippen LogP contribution in [0.15, 0.2) is 24.3 Å². The van der Waals surface area contributed by atoms with E-state index < -0.39 is 11.0 Å². The predicted molar refractivity (Wildman–Crippen MR) is 46.4 cm³/mol. The Hall–Kier alpha value is -1.46.